The fourth-order valence-electron chi connectivity index (χ4n) is 1.80. The minimum Gasteiger partial charge on any atom is -0.395 e. The summed E-state index contributed by atoms with van der Waals surface area (Å²) in [6, 6.07) is 1.80. The van der Waals surface area contributed by atoms with E-state index < -0.39 is 37.2 Å². The maximum atomic E-state index is 12.2. The molecule has 1 saturated carbocycles. The summed E-state index contributed by atoms with van der Waals surface area (Å²) >= 11 is 0. The molecule has 0 radical (unpaired) electrons. The first kappa shape index (κ1) is 13.8. The monoisotopic (exact) mass is 250 g/mol. The van der Waals surface area contributed by atoms with Crippen molar-refractivity contribution in [2.45, 2.75) is 25.4 Å². The van der Waals surface area contributed by atoms with Gasteiger partial charge in [-0.2, -0.15) is 18.4 Å². The van der Waals surface area contributed by atoms with Crippen molar-refractivity contribution in [3.63, 3.8) is 0 Å². The highest BCUT2D eigenvalue weighted by atomic mass is 19.4. The second-order valence-electron chi connectivity index (χ2n) is 4.11. The van der Waals surface area contributed by atoms with E-state index in [1.165, 1.54) is 0 Å². The van der Waals surface area contributed by atoms with Crippen molar-refractivity contribution < 1.29 is 23.1 Å². The van der Waals surface area contributed by atoms with Crippen LogP contribution in [0.15, 0.2) is 0 Å². The van der Waals surface area contributed by atoms with Gasteiger partial charge in [0.1, 0.15) is 12.0 Å². The van der Waals surface area contributed by atoms with Gasteiger partial charge in [0, 0.05) is 6.54 Å². The zero-order valence-corrected chi connectivity index (χ0v) is 9.13. The number of hydrogen-bond acceptors (Lipinski definition) is 3. The van der Waals surface area contributed by atoms with Crippen molar-refractivity contribution >= 4 is 5.91 Å². The molecule has 0 aromatic heterocycles. The number of alkyl halides is 3. The van der Waals surface area contributed by atoms with E-state index in [0.29, 0.717) is 24.2 Å². The van der Waals surface area contributed by atoms with E-state index in [1.807, 2.05) is 0 Å². The number of aliphatic hydroxyl groups excluding tert-OH is 1. The fourth-order valence-corrected chi connectivity index (χ4v) is 1.80. The molecule has 7 heteroatoms. The number of carbonyl (C=O) groups excluding carboxylic acids is 1. The molecular formula is C10H13F3N2O2. The molecule has 1 fully saturated rings. The van der Waals surface area contributed by atoms with Gasteiger partial charge in [-0.15, -0.1) is 0 Å². The molecule has 0 saturated heterocycles. The molecule has 0 aromatic rings. The molecule has 0 spiro atoms. The zero-order valence-electron chi connectivity index (χ0n) is 9.13. The Balaban J connectivity index is 2.77. The summed E-state index contributed by atoms with van der Waals surface area (Å²) in [4.78, 5) is 12.4. The molecular weight excluding hydrogens is 237 g/mol. The van der Waals surface area contributed by atoms with Crippen LogP contribution in [-0.4, -0.2) is 41.8 Å². The van der Waals surface area contributed by atoms with Crippen molar-refractivity contribution in [2.75, 3.05) is 19.7 Å². The van der Waals surface area contributed by atoms with Crippen molar-refractivity contribution in [3.8, 4) is 6.07 Å². The van der Waals surface area contributed by atoms with E-state index >= 15 is 0 Å². The molecule has 0 bridgehead atoms. The smallest absolute Gasteiger partial charge is 0.395 e. The molecule has 1 aliphatic rings. The minimum absolute atomic E-state index is 0.294. The third-order valence-corrected chi connectivity index (χ3v) is 2.86. The Labute approximate surface area is 96.6 Å². The lowest BCUT2D eigenvalue weighted by molar-refractivity contribution is -0.169. The Morgan fingerprint density at radius 2 is 2.06 bits per heavy atom. The van der Waals surface area contributed by atoms with E-state index in [4.69, 9.17) is 10.4 Å². The first-order valence-electron chi connectivity index (χ1n) is 5.23. The van der Waals surface area contributed by atoms with Crippen molar-refractivity contribution in [3.05, 3.63) is 0 Å². The molecule has 1 rings (SSSR count). The van der Waals surface area contributed by atoms with Crippen LogP contribution in [0.3, 0.4) is 0 Å². The topological polar surface area (TPSA) is 64.3 Å². The molecule has 0 heterocycles. The summed E-state index contributed by atoms with van der Waals surface area (Å²) in [7, 11) is 0. The Bertz CT molecular complexity index is 331. The quantitative estimate of drug-likeness (QED) is 0.811. The standard InChI is InChI=1S/C10H13F3N2O2/c11-10(12,13)7-15(4-5-16)8(17)9(6-14)2-1-3-9/h16H,1-5,7H2. The summed E-state index contributed by atoms with van der Waals surface area (Å²) < 4.78 is 36.7. The SMILES string of the molecule is N#CC1(C(=O)N(CCO)CC(F)(F)F)CCC1. The number of aliphatic hydroxyl groups is 1. The van der Waals surface area contributed by atoms with Gasteiger partial charge in [0.15, 0.2) is 0 Å². The van der Waals surface area contributed by atoms with Crippen molar-refractivity contribution in [1.82, 2.24) is 4.90 Å². The van der Waals surface area contributed by atoms with Crippen LogP contribution in [0.5, 0.6) is 0 Å². The summed E-state index contributed by atoms with van der Waals surface area (Å²) in [5.41, 5.74) is -1.31. The van der Waals surface area contributed by atoms with Crippen LogP contribution in [0.1, 0.15) is 19.3 Å². The first-order chi connectivity index (χ1) is 7.84. The van der Waals surface area contributed by atoms with Crippen LogP contribution in [0.4, 0.5) is 13.2 Å². The third-order valence-electron chi connectivity index (χ3n) is 2.86. The van der Waals surface area contributed by atoms with Gasteiger partial charge in [0.2, 0.25) is 5.91 Å². The van der Waals surface area contributed by atoms with E-state index in [2.05, 4.69) is 0 Å². The molecule has 1 aliphatic carbocycles. The van der Waals surface area contributed by atoms with Crippen molar-refractivity contribution in [1.29, 1.82) is 5.26 Å². The first-order valence-corrected chi connectivity index (χ1v) is 5.23. The lowest BCUT2D eigenvalue weighted by atomic mass is 9.69. The molecule has 0 aromatic carbocycles. The van der Waals surface area contributed by atoms with Crippen LogP contribution in [0, 0.1) is 16.7 Å². The van der Waals surface area contributed by atoms with Crippen LogP contribution >= 0.6 is 0 Å². The van der Waals surface area contributed by atoms with E-state index in [1.54, 1.807) is 6.07 Å². The number of amides is 1. The van der Waals surface area contributed by atoms with Gasteiger partial charge in [-0.3, -0.25) is 4.79 Å². The molecule has 0 atom stereocenters. The summed E-state index contributed by atoms with van der Waals surface area (Å²) in [6.45, 7) is -2.37. The van der Waals surface area contributed by atoms with Crippen LogP contribution < -0.4 is 0 Å². The normalized spacial score (nSPS) is 18.1. The van der Waals surface area contributed by atoms with Crippen LogP contribution in [0.25, 0.3) is 0 Å². The zero-order chi connectivity index (χ0) is 13.1. The lowest BCUT2D eigenvalue weighted by Gasteiger charge is -2.38. The predicted octanol–water partition coefficient (Wildman–Crippen LogP) is 1.06. The van der Waals surface area contributed by atoms with Gasteiger partial charge in [0.25, 0.3) is 0 Å². The van der Waals surface area contributed by atoms with Gasteiger partial charge in [-0.1, -0.05) is 0 Å². The van der Waals surface area contributed by atoms with Gasteiger partial charge in [0.05, 0.1) is 12.7 Å². The Morgan fingerprint density at radius 3 is 2.35 bits per heavy atom. The highest BCUT2D eigenvalue weighted by molar-refractivity contribution is 5.86. The van der Waals surface area contributed by atoms with E-state index in [9.17, 15) is 18.0 Å². The highest BCUT2D eigenvalue weighted by Gasteiger charge is 2.48. The average molecular weight is 250 g/mol. The number of nitriles is 1. The molecule has 4 nitrogen and oxygen atoms in total. The Kier molecular flexibility index (Phi) is 3.98. The molecule has 1 amide bonds. The summed E-state index contributed by atoms with van der Waals surface area (Å²) in [5, 5.41) is 17.5. The second kappa shape index (κ2) is 4.92. The van der Waals surface area contributed by atoms with E-state index in [-0.39, 0.29) is 0 Å². The fraction of sp³-hybridized carbons (Fsp3) is 0.800. The lowest BCUT2D eigenvalue weighted by Crippen LogP contribution is -2.50. The number of carbonyl (C=O) groups is 1. The number of nitrogens with zero attached hydrogens (tertiary/aromatic N) is 2. The summed E-state index contributed by atoms with van der Waals surface area (Å²) in [5.74, 6) is -0.822. The average Bonchev–Trinajstić information content (AvgIpc) is 2.14. The summed E-state index contributed by atoms with van der Waals surface area (Å²) in [6.07, 6.45) is -3.27. The van der Waals surface area contributed by atoms with Gasteiger partial charge in [-0.05, 0) is 19.3 Å². The largest absolute Gasteiger partial charge is 0.406 e. The highest BCUT2D eigenvalue weighted by Crippen LogP contribution is 2.42. The molecule has 1 N–H and O–H groups in total. The van der Waals surface area contributed by atoms with Gasteiger partial charge < -0.3 is 10.0 Å². The number of rotatable bonds is 4. The Morgan fingerprint density at radius 1 is 1.47 bits per heavy atom. The second-order valence-corrected chi connectivity index (χ2v) is 4.11. The number of hydrogen-bond donors (Lipinski definition) is 1. The molecule has 0 aliphatic heterocycles. The maximum absolute atomic E-state index is 12.2. The maximum Gasteiger partial charge on any atom is 0.406 e. The Hall–Kier alpha value is -1.29. The van der Waals surface area contributed by atoms with Crippen LogP contribution in [0.2, 0.25) is 0 Å². The van der Waals surface area contributed by atoms with Crippen LogP contribution in [-0.2, 0) is 4.79 Å². The third kappa shape index (κ3) is 3.09. The molecule has 17 heavy (non-hydrogen) atoms. The minimum atomic E-state index is -4.52. The van der Waals surface area contributed by atoms with Gasteiger partial charge >= 0.3 is 6.18 Å². The molecule has 96 valence electrons. The van der Waals surface area contributed by atoms with Crippen molar-refractivity contribution in [2.24, 2.45) is 5.41 Å². The van der Waals surface area contributed by atoms with E-state index in [0.717, 1.165) is 0 Å². The molecule has 0 unspecified atom stereocenters. The van der Waals surface area contributed by atoms with Gasteiger partial charge in [-0.25, -0.2) is 0 Å². The predicted molar refractivity (Wildman–Crippen MR) is 51.6 cm³/mol. The number of halogens is 3.